The van der Waals surface area contributed by atoms with Gasteiger partial charge < -0.3 is 19.6 Å². The van der Waals surface area contributed by atoms with Gasteiger partial charge in [-0.1, -0.05) is 62.4 Å². The molecule has 0 aliphatic carbocycles. The highest BCUT2D eigenvalue weighted by Gasteiger charge is 2.80. The topological polar surface area (TPSA) is 85.3 Å². The lowest BCUT2D eigenvalue weighted by atomic mass is 9.75. The number of amides is 1. The summed E-state index contributed by atoms with van der Waals surface area (Å²) in [6.07, 6.45) is -1.98. The first-order valence-electron chi connectivity index (χ1n) is 10.1. The Labute approximate surface area is 185 Å². The Balaban J connectivity index is 1.65. The van der Waals surface area contributed by atoms with E-state index in [0.717, 1.165) is 17.6 Å². The van der Waals surface area contributed by atoms with E-state index in [0.29, 0.717) is 5.75 Å². The van der Waals surface area contributed by atoms with Gasteiger partial charge in [0.2, 0.25) is 11.4 Å². The van der Waals surface area contributed by atoms with Crippen molar-refractivity contribution in [1.82, 2.24) is 4.90 Å². The lowest BCUT2D eigenvalue weighted by Crippen LogP contribution is -2.75. The highest BCUT2D eigenvalue weighted by Crippen LogP contribution is 2.56. The van der Waals surface area contributed by atoms with Crippen molar-refractivity contribution in [2.24, 2.45) is 5.92 Å². The molecule has 0 bridgehead atoms. The predicted octanol–water partition coefficient (Wildman–Crippen LogP) is 3.13. The molecule has 0 radical (unpaired) electrons. The van der Waals surface area contributed by atoms with E-state index >= 15 is 0 Å². The molecule has 2 aliphatic heterocycles. The number of hydrogen-bond acceptors (Lipinski definition) is 7. The van der Waals surface area contributed by atoms with E-state index in [1.807, 2.05) is 50.2 Å². The SMILES string of the molecule is CC(C)C(O)C12C(=O)OC1C(C)(SOOc1ccccc1)C(=O)N2Cc1ccccc1. The van der Waals surface area contributed by atoms with Gasteiger partial charge in [-0.3, -0.25) is 4.79 Å². The number of hydrogen-bond donors (Lipinski definition) is 1. The molecule has 164 valence electrons. The second-order valence-corrected chi connectivity index (χ2v) is 9.48. The third-order valence-corrected chi connectivity index (χ3v) is 6.79. The predicted molar refractivity (Wildman–Crippen MR) is 115 cm³/mol. The van der Waals surface area contributed by atoms with Gasteiger partial charge in [0.25, 0.3) is 0 Å². The number of rotatable bonds is 8. The maximum atomic E-state index is 13.6. The van der Waals surface area contributed by atoms with Crippen molar-refractivity contribution in [2.75, 3.05) is 0 Å². The molecule has 0 spiro atoms. The van der Waals surface area contributed by atoms with Crippen molar-refractivity contribution >= 4 is 23.9 Å². The minimum absolute atomic E-state index is 0.171. The number of ether oxygens (including phenoxy) is 1. The fourth-order valence-corrected chi connectivity index (χ4v) is 5.02. The zero-order valence-electron chi connectivity index (χ0n) is 17.6. The molecule has 4 atom stereocenters. The summed E-state index contributed by atoms with van der Waals surface area (Å²) < 4.78 is 9.54. The Hall–Kier alpha value is -2.55. The van der Waals surface area contributed by atoms with Crippen LogP contribution in [0.3, 0.4) is 0 Å². The zero-order valence-corrected chi connectivity index (χ0v) is 18.4. The van der Waals surface area contributed by atoms with Crippen LogP contribution in [0.5, 0.6) is 5.75 Å². The molecule has 1 N–H and O–H groups in total. The Bertz CT molecular complexity index is 955. The number of fused-ring (bicyclic) bond motifs is 1. The zero-order chi connectivity index (χ0) is 22.2. The number of nitrogens with zero attached hydrogens (tertiary/aromatic N) is 1. The molecule has 0 aromatic heterocycles. The standard InChI is InChI=1S/C23H25NO6S/c1-15(2)18(25)23-19(28-21(23)27)22(3,31-30-29-17-12-8-5-9-13-17)20(26)24(23)14-16-10-6-4-7-11-16/h4-13,15,18-19,25H,14H2,1-3H3. The van der Waals surface area contributed by atoms with E-state index in [1.165, 1.54) is 4.90 Å². The summed E-state index contributed by atoms with van der Waals surface area (Å²) in [6, 6.07) is 18.2. The summed E-state index contributed by atoms with van der Waals surface area (Å²) in [5.74, 6) is -0.746. The Morgan fingerprint density at radius 1 is 1.10 bits per heavy atom. The van der Waals surface area contributed by atoms with E-state index in [1.54, 1.807) is 31.2 Å². The second-order valence-electron chi connectivity index (χ2n) is 8.33. The van der Waals surface area contributed by atoms with E-state index in [-0.39, 0.29) is 18.4 Å². The molecule has 31 heavy (non-hydrogen) atoms. The van der Waals surface area contributed by atoms with Crippen molar-refractivity contribution in [2.45, 2.75) is 49.8 Å². The van der Waals surface area contributed by atoms with Crippen molar-refractivity contribution in [3.05, 3.63) is 66.2 Å². The van der Waals surface area contributed by atoms with E-state index in [4.69, 9.17) is 14.0 Å². The first-order valence-corrected chi connectivity index (χ1v) is 10.9. The molecule has 8 heteroatoms. The molecule has 4 rings (SSSR count). The van der Waals surface area contributed by atoms with Gasteiger partial charge in [0.1, 0.15) is 0 Å². The summed E-state index contributed by atoms with van der Waals surface area (Å²) in [5.41, 5.74) is -0.626. The number of aliphatic hydroxyl groups is 1. The van der Waals surface area contributed by atoms with Gasteiger partial charge in [-0.05, 0) is 30.5 Å². The number of aliphatic hydroxyl groups excluding tert-OH is 1. The molecule has 0 saturated carbocycles. The minimum Gasteiger partial charge on any atom is -0.455 e. The molecular formula is C23H25NO6S. The third kappa shape index (κ3) is 3.39. The highest BCUT2D eigenvalue weighted by molar-refractivity contribution is 7.96. The molecule has 2 heterocycles. The highest BCUT2D eigenvalue weighted by atomic mass is 32.2. The lowest BCUT2D eigenvalue weighted by molar-refractivity contribution is -0.222. The molecule has 2 aliphatic rings. The van der Waals surface area contributed by atoms with Crippen LogP contribution in [-0.4, -0.2) is 44.4 Å². The molecule has 2 aromatic carbocycles. The third-order valence-electron chi connectivity index (χ3n) is 5.91. The normalized spacial score (nSPS) is 28.2. The molecule has 4 unspecified atom stereocenters. The summed E-state index contributed by atoms with van der Waals surface area (Å²) >= 11 is 0.795. The second kappa shape index (κ2) is 8.18. The van der Waals surface area contributed by atoms with Gasteiger partial charge in [0.15, 0.2) is 16.6 Å². The van der Waals surface area contributed by atoms with Crippen LogP contribution >= 0.6 is 12.0 Å². The van der Waals surface area contributed by atoms with Crippen molar-refractivity contribution in [3.63, 3.8) is 0 Å². The number of carbonyl (C=O) groups excluding carboxylic acids is 2. The van der Waals surface area contributed by atoms with Crippen LogP contribution in [-0.2, 0) is 25.2 Å². The average Bonchev–Trinajstić information content (AvgIpc) is 2.91. The van der Waals surface area contributed by atoms with Gasteiger partial charge in [-0.15, -0.1) is 4.33 Å². The summed E-state index contributed by atoms with van der Waals surface area (Å²) in [7, 11) is 0. The summed E-state index contributed by atoms with van der Waals surface area (Å²) in [4.78, 5) is 33.2. The molecular weight excluding hydrogens is 418 g/mol. The van der Waals surface area contributed by atoms with Crippen LogP contribution in [0.25, 0.3) is 0 Å². The summed E-state index contributed by atoms with van der Waals surface area (Å²) in [5, 5.41) is 11.1. The molecule has 2 fully saturated rings. The largest absolute Gasteiger partial charge is 0.455 e. The van der Waals surface area contributed by atoms with Crippen LogP contribution in [0, 0.1) is 5.92 Å². The van der Waals surface area contributed by atoms with Gasteiger partial charge in [0, 0.05) is 6.54 Å². The van der Waals surface area contributed by atoms with Crippen LogP contribution in [0.2, 0.25) is 0 Å². The maximum Gasteiger partial charge on any atom is 0.339 e. The van der Waals surface area contributed by atoms with Crippen molar-refractivity contribution in [1.29, 1.82) is 0 Å². The Kier molecular flexibility index (Phi) is 5.72. The molecule has 2 saturated heterocycles. The molecule has 1 amide bonds. The Morgan fingerprint density at radius 3 is 2.29 bits per heavy atom. The van der Waals surface area contributed by atoms with E-state index < -0.39 is 28.5 Å². The first kappa shape index (κ1) is 21.7. The fraction of sp³-hybridized carbons (Fsp3) is 0.391. The molecule has 7 nitrogen and oxygen atoms in total. The van der Waals surface area contributed by atoms with Crippen LogP contribution in [0.1, 0.15) is 26.3 Å². The Morgan fingerprint density at radius 2 is 1.71 bits per heavy atom. The van der Waals surface area contributed by atoms with E-state index in [9.17, 15) is 14.7 Å². The number of likely N-dealkylation sites (tertiary alicyclic amines) is 1. The number of benzene rings is 2. The number of para-hydroxylation sites is 1. The van der Waals surface area contributed by atoms with Crippen LogP contribution < -0.4 is 4.89 Å². The van der Waals surface area contributed by atoms with Crippen LogP contribution in [0.15, 0.2) is 60.7 Å². The van der Waals surface area contributed by atoms with Gasteiger partial charge in [-0.25, -0.2) is 4.79 Å². The maximum absolute atomic E-state index is 13.6. The molecule has 2 aromatic rings. The van der Waals surface area contributed by atoms with Gasteiger partial charge >= 0.3 is 5.97 Å². The smallest absolute Gasteiger partial charge is 0.339 e. The quantitative estimate of drug-likeness (QED) is 0.290. The van der Waals surface area contributed by atoms with Gasteiger partial charge in [0.05, 0.1) is 18.1 Å². The fourth-order valence-electron chi connectivity index (χ4n) is 4.27. The van der Waals surface area contributed by atoms with Gasteiger partial charge in [-0.2, -0.15) is 0 Å². The van der Waals surface area contributed by atoms with E-state index in [2.05, 4.69) is 0 Å². The van der Waals surface area contributed by atoms with Crippen molar-refractivity contribution in [3.8, 4) is 5.75 Å². The average molecular weight is 444 g/mol. The van der Waals surface area contributed by atoms with Crippen LogP contribution in [0.4, 0.5) is 0 Å². The lowest BCUT2D eigenvalue weighted by Gasteiger charge is -2.51. The number of carbonyl (C=O) groups is 2. The first-order chi connectivity index (χ1) is 14.8. The van der Waals surface area contributed by atoms with Crippen molar-refractivity contribution < 1.29 is 28.7 Å². The summed E-state index contributed by atoms with van der Waals surface area (Å²) in [6.45, 7) is 5.44. The minimum atomic E-state index is -1.47. The monoisotopic (exact) mass is 443 g/mol. The number of esters is 1.